The van der Waals surface area contributed by atoms with Gasteiger partial charge < -0.3 is 11.1 Å². The molecule has 9 heteroatoms. The van der Waals surface area contributed by atoms with Crippen LogP contribution in [0.15, 0.2) is 21.3 Å². The van der Waals surface area contributed by atoms with Crippen molar-refractivity contribution in [2.45, 2.75) is 62.6 Å². The summed E-state index contributed by atoms with van der Waals surface area (Å²) in [5.41, 5.74) is 5.96. The van der Waals surface area contributed by atoms with E-state index in [0.29, 0.717) is 42.3 Å². The molecule has 0 spiro atoms. The lowest BCUT2D eigenvalue weighted by atomic mass is 9.96. The number of hydrogen-bond acceptors (Lipinski definition) is 4. The minimum atomic E-state index is -3.36. The minimum absolute atomic E-state index is 0. The second-order valence-corrected chi connectivity index (χ2v) is 9.64. The molecule has 1 aromatic heterocycles. The molecule has 1 aliphatic carbocycles. The van der Waals surface area contributed by atoms with Crippen LogP contribution in [-0.2, 0) is 16.4 Å². The van der Waals surface area contributed by atoms with Gasteiger partial charge in [-0.05, 0) is 25.0 Å². The third-order valence-corrected chi connectivity index (χ3v) is 8.20. The van der Waals surface area contributed by atoms with Crippen LogP contribution in [0.5, 0.6) is 0 Å². The molecule has 1 aromatic rings. The molecule has 0 saturated heterocycles. The van der Waals surface area contributed by atoms with Crippen molar-refractivity contribution in [3.8, 4) is 0 Å². The molecule has 1 aliphatic rings. The van der Waals surface area contributed by atoms with Gasteiger partial charge in [-0.2, -0.15) is 4.31 Å². The van der Waals surface area contributed by atoms with E-state index in [0.717, 1.165) is 17.7 Å². The summed E-state index contributed by atoms with van der Waals surface area (Å²) in [7, 11) is -3.36. The molecule has 0 aliphatic heterocycles. The Morgan fingerprint density at radius 2 is 1.92 bits per heavy atom. The fourth-order valence-corrected chi connectivity index (χ4v) is 6.07. The lowest BCUT2D eigenvalue weighted by Crippen LogP contribution is -2.41. The molecule has 0 amide bonds. The first-order valence-electron chi connectivity index (χ1n) is 9.12. The van der Waals surface area contributed by atoms with E-state index in [1.165, 1.54) is 34.9 Å². The number of rotatable bonds is 8. The number of hydrogen-bond donors (Lipinski definition) is 2. The molecule has 1 fully saturated rings. The van der Waals surface area contributed by atoms with E-state index in [4.69, 9.17) is 5.73 Å². The maximum Gasteiger partial charge on any atom is 0.252 e. The van der Waals surface area contributed by atoms with Crippen LogP contribution in [0, 0.1) is 0 Å². The number of nitrogens with one attached hydrogen (secondary N) is 1. The van der Waals surface area contributed by atoms with Gasteiger partial charge in [0.05, 0.1) is 0 Å². The highest BCUT2D eigenvalue weighted by atomic mass is 127. The molecule has 0 aromatic carbocycles. The highest BCUT2D eigenvalue weighted by Gasteiger charge is 2.23. The molecule has 0 unspecified atom stereocenters. The molecule has 150 valence electrons. The maximum atomic E-state index is 12.5. The Bertz CT molecular complexity index is 666. The molecule has 6 nitrogen and oxygen atoms in total. The van der Waals surface area contributed by atoms with Crippen molar-refractivity contribution in [2.24, 2.45) is 10.7 Å². The molecular formula is C17H31IN4O2S2. The van der Waals surface area contributed by atoms with Crippen LogP contribution >= 0.6 is 35.3 Å². The smallest absolute Gasteiger partial charge is 0.252 e. The standard InChI is InChI=1S/C17H30N4O2S2.HI/c1-3-21(4-2)25(22,23)16-11-10-15(24-16)12-13-19-17(18)20-14-8-6-5-7-9-14;/h10-11,14H,3-9,12-13H2,1-2H3,(H3,18,19,20);1H. The summed E-state index contributed by atoms with van der Waals surface area (Å²) in [5.74, 6) is 0.499. The summed E-state index contributed by atoms with van der Waals surface area (Å²) in [6, 6.07) is 4.02. The second kappa shape index (κ2) is 11.5. The van der Waals surface area contributed by atoms with E-state index < -0.39 is 10.0 Å². The van der Waals surface area contributed by atoms with Crippen molar-refractivity contribution >= 4 is 51.3 Å². The van der Waals surface area contributed by atoms with Gasteiger partial charge in [-0.3, -0.25) is 4.99 Å². The van der Waals surface area contributed by atoms with Crippen molar-refractivity contribution in [3.05, 3.63) is 17.0 Å². The van der Waals surface area contributed by atoms with Crippen LogP contribution in [0.3, 0.4) is 0 Å². The van der Waals surface area contributed by atoms with Crippen molar-refractivity contribution in [3.63, 3.8) is 0 Å². The second-order valence-electron chi connectivity index (χ2n) is 6.31. The van der Waals surface area contributed by atoms with Gasteiger partial charge in [0.1, 0.15) is 4.21 Å². The van der Waals surface area contributed by atoms with Crippen LogP contribution in [0.2, 0.25) is 0 Å². The Morgan fingerprint density at radius 1 is 1.27 bits per heavy atom. The highest BCUT2D eigenvalue weighted by Crippen LogP contribution is 2.25. The van der Waals surface area contributed by atoms with Gasteiger partial charge >= 0.3 is 0 Å². The van der Waals surface area contributed by atoms with Crippen molar-refractivity contribution < 1.29 is 8.42 Å². The monoisotopic (exact) mass is 514 g/mol. The first kappa shape index (κ1) is 23.6. The topological polar surface area (TPSA) is 87.8 Å². The maximum absolute atomic E-state index is 12.5. The number of aliphatic imine (C=N–C) groups is 1. The summed E-state index contributed by atoms with van der Waals surface area (Å²) in [6.07, 6.45) is 6.84. The Hall–Kier alpha value is -0.390. The summed E-state index contributed by atoms with van der Waals surface area (Å²) >= 11 is 1.33. The molecule has 0 bridgehead atoms. The molecule has 1 saturated carbocycles. The Morgan fingerprint density at radius 3 is 2.54 bits per heavy atom. The van der Waals surface area contributed by atoms with Gasteiger partial charge in [0.15, 0.2) is 5.96 Å². The van der Waals surface area contributed by atoms with Crippen LogP contribution in [0.4, 0.5) is 0 Å². The number of nitrogens with two attached hydrogens (primary N) is 1. The number of guanidine groups is 1. The fourth-order valence-electron chi connectivity index (χ4n) is 3.11. The van der Waals surface area contributed by atoms with Gasteiger partial charge in [-0.25, -0.2) is 8.42 Å². The van der Waals surface area contributed by atoms with Gasteiger partial charge in [0, 0.05) is 37.0 Å². The van der Waals surface area contributed by atoms with Gasteiger partial charge in [0.25, 0.3) is 10.0 Å². The molecule has 2 rings (SSSR count). The average molecular weight is 514 g/mol. The van der Waals surface area contributed by atoms with Crippen molar-refractivity contribution in [1.82, 2.24) is 9.62 Å². The molecule has 3 N–H and O–H groups in total. The first-order chi connectivity index (χ1) is 12.0. The zero-order valence-corrected chi connectivity index (χ0v) is 19.6. The van der Waals surface area contributed by atoms with Gasteiger partial charge in [-0.15, -0.1) is 35.3 Å². The Labute approximate surface area is 178 Å². The van der Waals surface area contributed by atoms with Crippen LogP contribution in [-0.4, -0.2) is 44.4 Å². The number of nitrogens with zero attached hydrogens (tertiary/aromatic N) is 2. The van der Waals surface area contributed by atoms with Gasteiger partial charge in [-0.1, -0.05) is 33.1 Å². The predicted molar refractivity (Wildman–Crippen MR) is 120 cm³/mol. The third-order valence-electron chi connectivity index (χ3n) is 4.53. The average Bonchev–Trinajstić information content (AvgIpc) is 3.06. The van der Waals surface area contributed by atoms with E-state index in [9.17, 15) is 8.42 Å². The number of sulfonamides is 1. The lowest BCUT2D eigenvalue weighted by Gasteiger charge is -2.23. The first-order valence-corrected chi connectivity index (χ1v) is 11.4. The molecule has 0 radical (unpaired) electrons. The summed E-state index contributed by atoms with van der Waals surface area (Å²) in [6.45, 7) is 5.25. The van der Waals surface area contributed by atoms with Crippen molar-refractivity contribution in [1.29, 1.82) is 0 Å². The van der Waals surface area contributed by atoms with E-state index in [1.54, 1.807) is 6.07 Å². The number of thiophene rings is 1. The zero-order valence-electron chi connectivity index (χ0n) is 15.6. The van der Waals surface area contributed by atoms with E-state index in [1.807, 2.05) is 19.9 Å². The summed E-state index contributed by atoms with van der Waals surface area (Å²) in [5, 5.41) is 3.29. The van der Waals surface area contributed by atoms with Crippen LogP contribution < -0.4 is 11.1 Å². The highest BCUT2D eigenvalue weighted by molar-refractivity contribution is 14.0. The number of halogens is 1. The lowest BCUT2D eigenvalue weighted by molar-refractivity contribution is 0.412. The Kier molecular flexibility index (Phi) is 10.4. The molecular weight excluding hydrogens is 483 g/mol. The molecule has 26 heavy (non-hydrogen) atoms. The minimum Gasteiger partial charge on any atom is -0.370 e. The van der Waals surface area contributed by atoms with Gasteiger partial charge in [0.2, 0.25) is 0 Å². The van der Waals surface area contributed by atoms with E-state index in [-0.39, 0.29) is 24.0 Å². The van der Waals surface area contributed by atoms with E-state index >= 15 is 0 Å². The Balaban J connectivity index is 0.00000338. The largest absolute Gasteiger partial charge is 0.370 e. The zero-order chi connectivity index (χ0) is 18.3. The SMILES string of the molecule is CCN(CC)S(=O)(=O)c1ccc(CCN=C(N)NC2CCCCC2)s1.I. The normalized spacial score (nSPS) is 16.5. The third kappa shape index (κ3) is 6.65. The molecule has 0 atom stereocenters. The summed E-state index contributed by atoms with van der Waals surface area (Å²) in [4.78, 5) is 5.40. The van der Waals surface area contributed by atoms with Crippen molar-refractivity contribution in [2.75, 3.05) is 19.6 Å². The van der Waals surface area contributed by atoms with E-state index in [2.05, 4.69) is 10.3 Å². The quantitative estimate of drug-likeness (QED) is 0.317. The fraction of sp³-hybridized carbons (Fsp3) is 0.706. The summed E-state index contributed by atoms with van der Waals surface area (Å²) < 4.78 is 26.9. The van der Waals surface area contributed by atoms with Crippen LogP contribution in [0.1, 0.15) is 50.8 Å². The molecule has 1 heterocycles. The predicted octanol–water partition coefficient (Wildman–Crippen LogP) is 3.18. The van der Waals surface area contributed by atoms with Crippen LogP contribution in [0.25, 0.3) is 0 Å².